The molecule has 0 aromatic heterocycles. The Labute approximate surface area is 290 Å². The number of oxime groups is 1. The first-order valence-electron chi connectivity index (χ1n) is 17.5. The molecular weight excluding hydrogens is 636 g/mol. The van der Waals surface area contributed by atoms with E-state index in [2.05, 4.69) is 12.7 Å². The Bertz CT molecular complexity index is 1300. The van der Waals surface area contributed by atoms with Gasteiger partial charge in [-0.3, -0.25) is 4.90 Å². The fraction of sp³-hybridized carbons (Fsp3) is 0.676. The summed E-state index contributed by atoms with van der Waals surface area (Å²) >= 11 is 5.94. The number of phenolic OH excluding ortho intramolecular Hbond substituents is 1. The lowest BCUT2D eigenvalue weighted by atomic mass is 9.55. The monoisotopic (exact) mass is 690 g/mol. The number of aromatic hydroxyl groups is 1. The summed E-state index contributed by atoms with van der Waals surface area (Å²) in [4.78, 5) is 21.6. The predicted molar refractivity (Wildman–Crippen MR) is 187 cm³/mol. The summed E-state index contributed by atoms with van der Waals surface area (Å²) in [6.07, 6.45) is 9.07. The van der Waals surface area contributed by atoms with Gasteiger partial charge in [-0.15, -0.1) is 18.2 Å². The maximum absolute atomic E-state index is 13.8. The minimum atomic E-state index is -1.37. The van der Waals surface area contributed by atoms with E-state index in [-0.39, 0.29) is 62.2 Å². The molecule has 268 valence electrons. The number of nitrogens with zero attached hydrogens (tertiary/aromatic N) is 2. The van der Waals surface area contributed by atoms with Crippen LogP contribution >= 0.6 is 11.6 Å². The van der Waals surface area contributed by atoms with Crippen molar-refractivity contribution in [3.05, 3.63) is 48.1 Å². The zero-order valence-electron chi connectivity index (χ0n) is 29.0. The van der Waals surface area contributed by atoms with E-state index >= 15 is 0 Å². The molecule has 0 bridgehead atoms. The number of carbonyl (C=O) groups excluding carboxylic acids is 1. The zero-order valence-corrected chi connectivity index (χ0v) is 29.8. The number of aliphatic hydroxyl groups is 2. The first-order valence-corrected chi connectivity index (χ1v) is 18.0. The number of phenols is 1. The molecule has 0 saturated heterocycles. The fourth-order valence-corrected chi connectivity index (χ4v) is 7.75. The zero-order chi connectivity index (χ0) is 34.9. The van der Waals surface area contributed by atoms with Crippen molar-refractivity contribution in [3.63, 3.8) is 0 Å². The van der Waals surface area contributed by atoms with Crippen LogP contribution in [0.15, 0.2) is 47.7 Å². The van der Waals surface area contributed by atoms with Gasteiger partial charge < -0.3 is 34.4 Å². The third-order valence-electron chi connectivity index (χ3n) is 9.46. The van der Waals surface area contributed by atoms with Gasteiger partial charge in [0.1, 0.15) is 29.7 Å². The van der Waals surface area contributed by atoms with Crippen LogP contribution in [-0.2, 0) is 14.3 Å². The number of hydrogen-bond donors (Lipinski definition) is 3. The predicted octanol–water partition coefficient (Wildman–Crippen LogP) is 6.91. The molecule has 1 aliphatic heterocycles. The smallest absolute Gasteiger partial charge is 0.410 e. The molecule has 10 nitrogen and oxygen atoms in total. The van der Waals surface area contributed by atoms with Crippen molar-refractivity contribution in [2.45, 2.75) is 102 Å². The van der Waals surface area contributed by atoms with Crippen LogP contribution in [0.5, 0.6) is 11.5 Å². The Morgan fingerprint density at radius 1 is 1.19 bits per heavy atom. The Morgan fingerprint density at radius 2 is 1.92 bits per heavy atom. The number of unbranched alkanes of at least 4 members (excludes halogenated alkanes) is 2. The average Bonchev–Trinajstić information content (AvgIpc) is 3.05. The number of fused-ring (bicyclic) bond motifs is 2. The third kappa shape index (κ3) is 8.49. The maximum atomic E-state index is 13.8. The Balaban J connectivity index is 2.03. The number of rotatable bonds is 17. The van der Waals surface area contributed by atoms with Gasteiger partial charge in [-0.1, -0.05) is 37.1 Å². The van der Waals surface area contributed by atoms with E-state index < -0.39 is 29.4 Å². The van der Waals surface area contributed by atoms with Crippen LogP contribution in [0.2, 0.25) is 0 Å². The van der Waals surface area contributed by atoms with E-state index in [1.807, 2.05) is 27.7 Å². The van der Waals surface area contributed by atoms with Gasteiger partial charge in [0.05, 0.1) is 24.1 Å². The van der Waals surface area contributed by atoms with E-state index in [1.165, 1.54) is 0 Å². The number of halogens is 1. The molecule has 4 rings (SSSR count). The molecule has 3 aliphatic rings. The SMILES string of the molecule is C=CCOC12Oc3ccc(O)cc3C3C(CCCCO)C(CCCCO)C=C(C(=NOC(C)(C)C)CC1N(CCC)C(=O)OCCCl)C32. The quantitative estimate of drug-likeness (QED) is 0.0696. The Kier molecular flexibility index (Phi) is 13.6. The van der Waals surface area contributed by atoms with Gasteiger partial charge >= 0.3 is 6.09 Å². The van der Waals surface area contributed by atoms with Crippen molar-refractivity contribution in [1.29, 1.82) is 0 Å². The second-order valence-corrected chi connectivity index (χ2v) is 14.4. The lowest BCUT2D eigenvalue weighted by Gasteiger charge is -2.60. The molecule has 1 aromatic rings. The number of allylic oxidation sites excluding steroid dienone is 1. The summed E-state index contributed by atoms with van der Waals surface area (Å²) in [5.41, 5.74) is 1.95. The molecule has 1 heterocycles. The normalized spacial score (nSPS) is 26.9. The summed E-state index contributed by atoms with van der Waals surface area (Å²) in [7, 11) is 0. The number of carbonyl (C=O) groups is 1. The van der Waals surface area contributed by atoms with Crippen molar-refractivity contribution < 1.29 is 39.2 Å². The van der Waals surface area contributed by atoms with Gasteiger partial charge in [-0.2, -0.15) is 0 Å². The summed E-state index contributed by atoms with van der Waals surface area (Å²) in [6.45, 7) is 12.6. The van der Waals surface area contributed by atoms with Crippen molar-refractivity contribution in [2.75, 3.05) is 38.9 Å². The first kappa shape index (κ1) is 38.0. The van der Waals surface area contributed by atoms with Crippen LogP contribution in [0, 0.1) is 17.8 Å². The van der Waals surface area contributed by atoms with E-state index in [9.17, 15) is 20.1 Å². The third-order valence-corrected chi connectivity index (χ3v) is 9.62. The number of ether oxygens (including phenoxy) is 3. The molecule has 48 heavy (non-hydrogen) atoms. The highest BCUT2D eigenvalue weighted by Gasteiger charge is 2.65. The van der Waals surface area contributed by atoms with Gasteiger partial charge in [0.2, 0.25) is 5.79 Å². The Hall–Kier alpha value is -2.79. The lowest BCUT2D eigenvalue weighted by Crippen LogP contribution is -2.70. The minimum Gasteiger partial charge on any atom is -0.508 e. The van der Waals surface area contributed by atoms with Gasteiger partial charge in [-0.25, -0.2) is 4.79 Å². The average molecular weight is 691 g/mol. The van der Waals surface area contributed by atoms with Crippen molar-refractivity contribution in [2.24, 2.45) is 22.9 Å². The molecule has 1 fully saturated rings. The summed E-state index contributed by atoms with van der Waals surface area (Å²) in [5, 5.41) is 35.0. The first-order chi connectivity index (χ1) is 23.0. The molecule has 6 unspecified atom stereocenters. The molecule has 1 aromatic carbocycles. The van der Waals surface area contributed by atoms with Crippen LogP contribution < -0.4 is 4.74 Å². The lowest BCUT2D eigenvalue weighted by molar-refractivity contribution is -0.255. The minimum absolute atomic E-state index is 0.0601. The standard InChI is InChI=1S/C37H55ClN2O8/c1-6-17-40(35(44)45-21-16-38)32-24-30(39-48-36(3,4)5)28-22-25(12-8-10-18-41)27(13-9-11-19-42)33-29-23-26(43)14-15-31(29)47-37(32,34(28)33)46-20-7-2/h7,14-15,22-23,25,27,32-34,41-43H,2,6,8-13,16-21,24H2,1,3-5H3. The maximum Gasteiger partial charge on any atom is 0.410 e. The Morgan fingerprint density at radius 3 is 2.56 bits per heavy atom. The van der Waals surface area contributed by atoms with E-state index in [4.69, 9.17) is 35.8 Å². The topological polar surface area (TPSA) is 130 Å². The van der Waals surface area contributed by atoms with Gasteiger partial charge in [0.25, 0.3) is 0 Å². The van der Waals surface area contributed by atoms with Crippen LogP contribution in [0.25, 0.3) is 0 Å². The van der Waals surface area contributed by atoms with Crippen LogP contribution in [-0.4, -0.2) is 88.3 Å². The van der Waals surface area contributed by atoms with Crippen molar-refractivity contribution >= 4 is 23.4 Å². The molecule has 11 heteroatoms. The van der Waals surface area contributed by atoms with Crippen LogP contribution in [0.3, 0.4) is 0 Å². The summed E-state index contributed by atoms with van der Waals surface area (Å²) < 4.78 is 19.5. The highest BCUT2D eigenvalue weighted by molar-refractivity contribution is 6.18. The highest BCUT2D eigenvalue weighted by Crippen LogP contribution is 2.61. The largest absolute Gasteiger partial charge is 0.508 e. The van der Waals surface area contributed by atoms with E-state index in [0.717, 1.165) is 36.8 Å². The second kappa shape index (κ2) is 17.2. The number of alkyl halides is 1. The number of aliphatic hydroxyl groups excluding tert-OH is 2. The summed E-state index contributed by atoms with van der Waals surface area (Å²) in [5.74, 6) is -0.944. The molecule has 0 spiro atoms. The fourth-order valence-electron chi connectivity index (χ4n) is 7.67. The van der Waals surface area contributed by atoms with Gasteiger partial charge in [-0.05, 0) is 88.5 Å². The van der Waals surface area contributed by atoms with Crippen LogP contribution in [0.4, 0.5) is 4.79 Å². The number of amides is 1. The van der Waals surface area contributed by atoms with E-state index in [1.54, 1.807) is 29.2 Å². The number of benzene rings is 1. The molecule has 2 aliphatic carbocycles. The molecular formula is C37H55ClN2O8. The van der Waals surface area contributed by atoms with E-state index in [0.29, 0.717) is 37.3 Å². The van der Waals surface area contributed by atoms with Crippen molar-refractivity contribution in [1.82, 2.24) is 4.90 Å². The van der Waals surface area contributed by atoms with Gasteiger partial charge in [0, 0.05) is 37.7 Å². The van der Waals surface area contributed by atoms with Gasteiger partial charge in [0.15, 0.2) is 0 Å². The molecule has 1 saturated carbocycles. The molecule has 3 N–H and O–H groups in total. The highest BCUT2D eigenvalue weighted by atomic mass is 35.5. The second-order valence-electron chi connectivity index (χ2n) is 14.0. The molecule has 0 radical (unpaired) electrons. The van der Waals surface area contributed by atoms with Crippen molar-refractivity contribution in [3.8, 4) is 11.5 Å². The van der Waals surface area contributed by atoms with Crippen LogP contribution in [0.1, 0.15) is 90.5 Å². The molecule has 6 atom stereocenters. The number of hydrogen-bond acceptors (Lipinski definition) is 9. The molecule has 1 amide bonds. The summed E-state index contributed by atoms with van der Waals surface area (Å²) in [6, 6.07) is 4.51.